The number of rotatable bonds is 4. The Balaban J connectivity index is 1.96. The minimum absolute atomic E-state index is 0.255. The van der Waals surface area contributed by atoms with Gasteiger partial charge < -0.3 is 14.6 Å². The lowest BCUT2D eigenvalue weighted by molar-refractivity contribution is -0.131. The molecule has 1 amide bonds. The van der Waals surface area contributed by atoms with Crippen LogP contribution in [0.5, 0.6) is 0 Å². The van der Waals surface area contributed by atoms with E-state index >= 15 is 0 Å². The fourth-order valence-corrected chi connectivity index (χ4v) is 2.31. The van der Waals surface area contributed by atoms with Gasteiger partial charge in [0.15, 0.2) is 0 Å². The van der Waals surface area contributed by atoms with Crippen LogP contribution in [0, 0.1) is 5.92 Å². The van der Waals surface area contributed by atoms with E-state index in [4.69, 9.17) is 4.42 Å². The molecule has 0 saturated carbocycles. The third-order valence-electron chi connectivity index (χ3n) is 3.51. The molecule has 0 spiro atoms. The van der Waals surface area contributed by atoms with Gasteiger partial charge in [0.25, 0.3) is 0 Å². The number of furan rings is 1. The topological polar surface area (TPSA) is 45.5 Å². The SMILES string of the molecule is CNCc1ccc(CN2CCC(C)CCC2=O)o1. The van der Waals surface area contributed by atoms with Crippen LogP contribution in [0.3, 0.4) is 0 Å². The normalized spacial score (nSPS) is 21.1. The van der Waals surface area contributed by atoms with Crippen LogP contribution in [-0.4, -0.2) is 24.4 Å². The van der Waals surface area contributed by atoms with Crippen LogP contribution in [0.1, 0.15) is 37.7 Å². The van der Waals surface area contributed by atoms with Crippen molar-refractivity contribution < 1.29 is 9.21 Å². The standard InChI is InChI=1S/C14H22N2O2/c1-11-3-6-14(17)16(8-7-11)10-13-5-4-12(18-13)9-15-2/h4-5,11,15H,3,6-10H2,1-2H3. The van der Waals surface area contributed by atoms with Crippen molar-refractivity contribution in [2.45, 2.75) is 39.3 Å². The Labute approximate surface area is 108 Å². The van der Waals surface area contributed by atoms with Crippen molar-refractivity contribution in [2.24, 2.45) is 5.92 Å². The summed E-state index contributed by atoms with van der Waals surface area (Å²) in [7, 11) is 1.89. The monoisotopic (exact) mass is 250 g/mol. The second-order valence-corrected chi connectivity index (χ2v) is 5.15. The number of nitrogens with one attached hydrogen (secondary N) is 1. The highest BCUT2D eigenvalue weighted by Crippen LogP contribution is 2.20. The minimum Gasteiger partial charge on any atom is -0.463 e. The fraction of sp³-hybridized carbons (Fsp3) is 0.643. The molecule has 1 aliphatic heterocycles. The van der Waals surface area contributed by atoms with Crippen LogP contribution in [0.15, 0.2) is 16.5 Å². The van der Waals surface area contributed by atoms with Gasteiger partial charge in [0.2, 0.25) is 5.91 Å². The summed E-state index contributed by atoms with van der Waals surface area (Å²) in [6.07, 6.45) is 2.78. The molecule has 0 aliphatic carbocycles. The van der Waals surface area contributed by atoms with E-state index in [0.29, 0.717) is 18.9 Å². The van der Waals surface area contributed by atoms with Gasteiger partial charge >= 0.3 is 0 Å². The molecule has 1 atom stereocenters. The minimum atomic E-state index is 0.255. The number of nitrogens with zero attached hydrogens (tertiary/aromatic N) is 1. The summed E-state index contributed by atoms with van der Waals surface area (Å²) in [6.45, 7) is 4.40. The average molecular weight is 250 g/mol. The summed E-state index contributed by atoms with van der Waals surface area (Å²) in [5.74, 6) is 2.70. The van der Waals surface area contributed by atoms with Gasteiger partial charge in [-0.3, -0.25) is 4.79 Å². The molecule has 1 aliphatic rings. The Morgan fingerprint density at radius 3 is 2.94 bits per heavy atom. The second-order valence-electron chi connectivity index (χ2n) is 5.15. The predicted octanol–water partition coefficient (Wildman–Crippen LogP) is 2.15. The predicted molar refractivity (Wildman–Crippen MR) is 69.9 cm³/mol. The summed E-state index contributed by atoms with van der Waals surface area (Å²) >= 11 is 0. The van der Waals surface area contributed by atoms with Gasteiger partial charge in [0, 0.05) is 13.0 Å². The maximum Gasteiger partial charge on any atom is 0.222 e. The van der Waals surface area contributed by atoms with Crippen LogP contribution in [-0.2, 0) is 17.9 Å². The lowest BCUT2D eigenvalue weighted by Crippen LogP contribution is -2.29. The Hall–Kier alpha value is -1.29. The molecule has 2 rings (SSSR count). The van der Waals surface area contributed by atoms with E-state index in [2.05, 4.69) is 12.2 Å². The molecule has 0 aromatic carbocycles. The van der Waals surface area contributed by atoms with E-state index in [0.717, 1.165) is 37.5 Å². The Morgan fingerprint density at radius 1 is 1.39 bits per heavy atom. The number of carbonyl (C=O) groups excluding carboxylic acids is 1. The summed E-state index contributed by atoms with van der Waals surface area (Å²) in [5.41, 5.74) is 0. The molecule has 4 nitrogen and oxygen atoms in total. The lowest BCUT2D eigenvalue weighted by Gasteiger charge is -2.19. The molecule has 1 aromatic rings. The molecular formula is C14H22N2O2. The van der Waals surface area contributed by atoms with E-state index in [1.807, 2.05) is 24.1 Å². The zero-order valence-corrected chi connectivity index (χ0v) is 11.2. The van der Waals surface area contributed by atoms with Crippen molar-refractivity contribution >= 4 is 5.91 Å². The van der Waals surface area contributed by atoms with Gasteiger partial charge in [0.05, 0.1) is 13.1 Å². The average Bonchev–Trinajstić information content (AvgIpc) is 2.72. The summed E-state index contributed by atoms with van der Waals surface area (Å²) in [6, 6.07) is 3.94. The third kappa shape index (κ3) is 3.35. The van der Waals surface area contributed by atoms with E-state index in [9.17, 15) is 4.79 Å². The molecule has 1 fully saturated rings. The largest absolute Gasteiger partial charge is 0.463 e. The number of hydrogen-bond donors (Lipinski definition) is 1. The zero-order valence-electron chi connectivity index (χ0n) is 11.2. The van der Waals surface area contributed by atoms with Crippen LogP contribution in [0.4, 0.5) is 0 Å². The van der Waals surface area contributed by atoms with Gasteiger partial charge in [-0.25, -0.2) is 0 Å². The number of likely N-dealkylation sites (tertiary alicyclic amines) is 1. The lowest BCUT2D eigenvalue weighted by atomic mass is 10.0. The Kier molecular flexibility index (Phi) is 4.42. The Bertz CT molecular complexity index is 400. The van der Waals surface area contributed by atoms with Crippen molar-refractivity contribution in [2.75, 3.05) is 13.6 Å². The maximum absolute atomic E-state index is 12.0. The van der Waals surface area contributed by atoms with Crippen molar-refractivity contribution in [3.8, 4) is 0 Å². The first-order valence-corrected chi connectivity index (χ1v) is 6.69. The van der Waals surface area contributed by atoms with Crippen molar-refractivity contribution in [1.29, 1.82) is 0 Å². The van der Waals surface area contributed by atoms with E-state index < -0.39 is 0 Å². The molecule has 1 N–H and O–H groups in total. The van der Waals surface area contributed by atoms with Crippen LogP contribution < -0.4 is 5.32 Å². The van der Waals surface area contributed by atoms with Gasteiger partial charge in [-0.05, 0) is 37.9 Å². The summed E-state index contributed by atoms with van der Waals surface area (Å²) in [4.78, 5) is 13.9. The first-order valence-electron chi connectivity index (χ1n) is 6.69. The molecule has 0 bridgehead atoms. The number of hydrogen-bond acceptors (Lipinski definition) is 3. The van der Waals surface area contributed by atoms with E-state index in [1.165, 1.54) is 0 Å². The van der Waals surface area contributed by atoms with Crippen molar-refractivity contribution in [3.05, 3.63) is 23.7 Å². The summed E-state index contributed by atoms with van der Waals surface area (Å²) < 4.78 is 5.69. The van der Waals surface area contributed by atoms with E-state index in [-0.39, 0.29) is 5.91 Å². The smallest absolute Gasteiger partial charge is 0.222 e. The van der Waals surface area contributed by atoms with Crippen LogP contribution in [0.2, 0.25) is 0 Å². The molecule has 2 heterocycles. The van der Waals surface area contributed by atoms with Gasteiger partial charge in [-0.2, -0.15) is 0 Å². The quantitative estimate of drug-likeness (QED) is 0.890. The molecule has 1 aromatic heterocycles. The number of carbonyl (C=O) groups is 1. The third-order valence-corrected chi connectivity index (χ3v) is 3.51. The molecule has 1 unspecified atom stereocenters. The van der Waals surface area contributed by atoms with E-state index in [1.54, 1.807) is 0 Å². The maximum atomic E-state index is 12.0. The molecular weight excluding hydrogens is 228 g/mol. The van der Waals surface area contributed by atoms with Crippen LogP contribution >= 0.6 is 0 Å². The highest BCUT2D eigenvalue weighted by Gasteiger charge is 2.21. The molecule has 4 heteroatoms. The first-order chi connectivity index (χ1) is 8.69. The Morgan fingerprint density at radius 2 is 2.17 bits per heavy atom. The van der Waals surface area contributed by atoms with Gasteiger partial charge in [-0.1, -0.05) is 6.92 Å². The van der Waals surface area contributed by atoms with Gasteiger partial charge in [-0.15, -0.1) is 0 Å². The van der Waals surface area contributed by atoms with Crippen LogP contribution in [0.25, 0.3) is 0 Å². The molecule has 100 valence electrons. The zero-order chi connectivity index (χ0) is 13.0. The van der Waals surface area contributed by atoms with Gasteiger partial charge in [0.1, 0.15) is 11.5 Å². The second kappa shape index (κ2) is 6.05. The number of amides is 1. The highest BCUT2D eigenvalue weighted by atomic mass is 16.3. The highest BCUT2D eigenvalue weighted by molar-refractivity contribution is 5.76. The molecule has 1 saturated heterocycles. The summed E-state index contributed by atoms with van der Waals surface area (Å²) in [5, 5.41) is 3.05. The molecule has 0 radical (unpaired) electrons. The van der Waals surface area contributed by atoms with Crippen molar-refractivity contribution in [3.63, 3.8) is 0 Å². The first kappa shape index (κ1) is 13.1. The fourth-order valence-electron chi connectivity index (χ4n) is 2.31. The molecule has 18 heavy (non-hydrogen) atoms. The van der Waals surface area contributed by atoms with Crippen molar-refractivity contribution in [1.82, 2.24) is 10.2 Å².